The highest BCUT2D eigenvalue weighted by atomic mass is 16.4. The van der Waals surface area contributed by atoms with E-state index in [9.17, 15) is 4.79 Å². The van der Waals surface area contributed by atoms with Crippen LogP contribution in [0.2, 0.25) is 0 Å². The van der Waals surface area contributed by atoms with Gasteiger partial charge in [0.2, 0.25) is 5.95 Å². The van der Waals surface area contributed by atoms with E-state index >= 15 is 0 Å². The first kappa shape index (κ1) is 17.9. The van der Waals surface area contributed by atoms with Gasteiger partial charge in [-0.25, -0.2) is 4.98 Å². The molecular formula is C18H24N6O2. The zero-order valence-corrected chi connectivity index (χ0v) is 15.3. The molecule has 0 unspecified atom stereocenters. The summed E-state index contributed by atoms with van der Waals surface area (Å²) in [6, 6.07) is 2.02. The van der Waals surface area contributed by atoms with Crippen molar-refractivity contribution < 1.29 is 9.90 Å². The maximum atomic E-state index is 10.7. The van der Waals surface area contributed by atoms with E-state index in [-0.39, 0.29) is 6.54 Å². The molecular weight excluding hydrogens is 332 g/mol. The maximum absolute atomic E-state index is 10.7. The van der Waals surface area contributed by atoms with Gasteiger partial charge < -0.3 is 15.0 Å². The van der Waals surface area contributed by atoms with Gasteiger partial charge in [-0.05, 0) is 17.9 Å². The van der Waals surface area contributed by atoms with Gasteiger partial charge in [-0.1, -0.05) is 27.2 Å². The molecule has 0 saturated heterocycles. The molecule has 3 heterocycles. The van der Waals surface area contributed by atoms with Crippen LogP contribution in [-0.4, -0.2) is 35.4 Å². The van der Waals surface area contributed by atoms with Gasteiger partial charge in [0.05, 0.1) is 11.9 Å². The van der Waals surface area contributed by atoms with Crippen molar-refractivity contribution in [2.75, 3.05) is 5.32 Å². The molecule has 8 nitrogen and oxygen atoms in total. The van der Waals surface area contributed by atoms with Crippen molar-refractivity contribution in [2.24, 2.45) is 11.8 Å². The Kier molecular flexibility index (Phi) is 5.20. The molecule has 0 aromatic carbocycles. The van der Waals surface area contributed by atoms with Crippen molar-refractivity contribution in [1.29, 1.82) is 0 Å². The number of hydrogen-bond donors (Lipinski definition) is 2. The largest absolute Gasteiger partial charge is 0.480 e. The Balaban J connectivity index is 1.80. The van der Waals surface area contributed by atoms with Gasteiger partial charge in [-0.15, -0.1) is 0 Å². The summed E-state index contributed by atoms with van der Waals surface area (Å²) in [6.45, 7) is 7.45. The predicted molar refractivity (Wildman–Crippen MR) is 99.3 cm³/mol. The number of nitrogens with zero attached hydrogens (tertiary/aromatic N) is 5. The van der Waals surface area contributed by atoms with E-state index in [1.165, 1.54) is 4.68 Å². The van der Waals surface area contributed by atoms with E-state index in [2.05, 4.69) is 51.9 Å². The fourth-order valence-corrected chi connectivity index (χ4v) is 3.02. The quantitative estimate of drug-likeness (QED) is 0.643. The van der Waals surface area contributed by atoms with Crippen LogP contribution in [0.15, 0.2) is 30.9 Å². The van der Waals surface area contributed by atoms with Crippen LogP contribution < -0.4 is 5.32 Å². The lowest BCUT2D eigenvalue weighted by Gasteiger charge is -2.20. The van der Waals surface area contributed by atoms with Gasteiger partial charge >= 0.3 is 5.97 Å². The summed E-state index contributed by atoms with van der Waals surface area (Å²) in [5, 5.41) is 16.9. The van der Waals surface area contributed by atoms with Crippen molar-refractivity contribution in [3.63, 3.8) is 0 Å². The van der Waals surface area contributed by atoms with Crippen LogP contribution in [-0.2, 0) is 17.9 Å². The fourth-order valence-electron chi connectivity index (χ4n) is 3.02. The first-order chi connectivity index (χ1) is 12.5. The number of aromatic nitrogens is 5. The molecule has 3 aromatic heterocycles. The number of carboxylic acid groups (broad SMARTS) is 1. The van der Waals surface area contributed by atoms with Gasteiger partial charge in [-0.3, -0.25) is 9.48 Å². The Morgan fingerprint density at radius 1 is 1.35 bits per heavy atom. The van der Waals surface area contributed by atoms with E-state index in [1.807, 2.05) is 6.07 Å². The first-order valence-electron chi connectivity index (χ1n) is 8.79. The molecule has 26 heavy (non-hydrogen) atoms. The van der Waals surface area contributed by atoms with Gasteiger partial charge in [-0.2, -0.15) is 10.1 Å². The second-order valence-electron chi connectivity index (χ2n) is 6.80. The molecule has 0 amide bonds. The van der Waals surface area contributed by atoms with E-state index in [0.29, 0.717) is 23.5 Å². The van der Waals surface area contributed by atoms with Gasteiger partial charge in [0.1, 0.15) is 12.2 Å². The van der Waals surface area contributed by atoms with Crippen LogP contribution >= 0.6 is 0 Å². The van der Waals surface area contributed by atoms with E-state index in [1.54, 1.807) is 18.6 Å². The summed E-state index contributed by atoms with van der Waals surface area (Å²) >= 11 is 0. The molecule has 3 aromatic rings. The number of aliphatic carboxylic acids is 1. The highest BCUT2D eigenvalue weighted by molar-refractivity contribution is 5.76. The zero-order chi connectivity index (χ0) is 18.7. The van der Waals surface area contributed by atoms with Crippen LogP contribution in [0.3, 0.4) is 0 Å². The van der Waals surface area contributed by atoms with E-state index in [0.717, 1.165) is 24.0 Å². The van der Waals surface area contributed by atoms with Crippen LogP contribution in [0, 0.1) is 11.8 Å². The Morgan fingerprint density at radius 3 is 2.85 bits per heavy atom. The molecule has 3 rings (SSSR count). The SMILES string of the molecule is CC[C@@H](Cn1ccc2cnc(Nc3cnn(CC(=O)O)c3)nc21)C(C)C. The number of carboxylic acids is 1. The Bertz CT molecular complexity index is 898. The number of nitrogens with one attached hydrogen (secondary N) is 1. The average molecular weight is 356 g/mol. The number of carbonyl (C=O) groups is 1. The lowest BCUT2D eigenvalue weighted by molar-refractivity contribution is -0.137. The summed E-state index contributed by atoms with van der Waals surface area (Å²) in [4.78, 5) is 19.7. The van der Waals surface area contributed by atoms with Gasteiger partial charge in [0, 0.05) is 30.5 Å². The lowest BCUT2D eigenvalue weighted by atomic mass is 9.93. The van der Waals surface area contributed by atoms with E-state index < -0.39 is 5.97 Å². The number of anilines is 2. The van der Waals surface area contributed by atoms with Crippen molar-refractivity contribution in [1.82, 2.24) is 24.3 Å². The molecule has 8 heteroatoms. The summed E-state index contributed by atoms with van der Waals surface area (Å²) < 4.78 is 3.52. The van der Waals surface area contributed by atoms with Crippen molar-refractivity contribution in [2.45, 2.75) is 40.3 Å². The molecule has 138 valence electrons. The first-order valence-corrected chi connectivity index (χ1v) is 8.79. The van der Waals surface area contributed by atoms with Gasteiger partial charge in [0.15, 0.2) is 0 Å². The minimum Gasteiger partial charge on any atom is -0.480 e. The van der Waals surface area contributed by atoms with Crippen LogP contribution in [0.5, 0.6) is 0 Å². The monoisotopic (exact) mass is 356 g/mol. The molecule has 0 aliphatic rings. The minimum absolute atomic E-state index is 0.183. The molecule has 0 saturated carbocycles. The van der Waals surface area contributed by atoms with Crippen LogP contribution in [0.1, 0.15) is 27.2 Å². The van der Waals surface area contributed by atoms with E-state index in [4.69, 9.17) is 5.11 Å². The fraction of sp³-hybridized carbons (Fsp3) is 0.444. The third kappa shape index (κ3) is 4.01. The summed E-state index contributed by atoms with van der Waals surface area (Å²) in [5.41, 5.74) is 1.54. The Hall–Kier alpha value is -2.90. The lowest BCUT2D eigenvalue weighted by Crippen LogP contribution is -2.15. The second kappa shape index (κ2) is 7.55. The van der Waals surface area contributed by atoms with Crippen molar-refractivity contribution >= 4 is 28.6 Å². The Morgan fingerprint density at radius 2 is 2.15 bits per heavy atom. The van der Waals surface area contributed by atoms with Crippen LogP contribution in [0.25, 0.3) is 11.0 Å². The second-order valence-corrected chi connectivity index (χ2v) is 6.80. The standard InChI is InChI=1S/C18H24N6O2/c1-4-13(12(2)3)9-23-6-5-14-7-19-18(22-17(14)23)21-15-8-20-24(10-15)11-16(25)26/h5-8,10,12-13H,4,9,11H2,1-3H3,(H,25,26)(H,19,21,22)/t13-/m0/s1. The highest BCUT2D eigenvalue weighted by Crippen LogP contribution is 2.22. The number of rotatable bonds is 8. The predicted octanol–water partition coefficient (Wildman–Crippen LogP) is 3.14. The summed E-state index contributed by atoms with van der Waals surface area (Å²) in [7, 11) is 0. The third-order valence-corrected chi connectivity index (χ3v) is 4.59. The smallest absolute Gasteiger partial charge is 0.325 e. The molecule has 0 spiro atoms. The molecule has 1 atom stereocenters. The third-order valence-electron chi connectivity index (χ3n) is 4.59. The Labute approximate surface area is 151 Å². The molecule has 2 N–H and O–H groups in total. The van der Waals surface area contributed by atoms with Gasteiger partial charge in [0.25, 0.3) is 0 Å². The van der Waals surface area contributed by atoms with Crippen molar-refractivity contribution in [3.8, 4) is 0 Å². The molecule has 0 radical (unpaired) electrons. The topological polar surface area (TPSA) is 97.9 Å². The normalized spacial score (nSPS) is 12.6. The average Bonchev–Trinajstić information content (AvgIpc) is 3.18. The highest BCUT2D eigenvalue weighted by Gasteiger charge is 2.14. The molecule has 0 aliphatic carbocycles. The summed E-state index contributed by atoms with van der Waals surface area (Å²) in [6.07, 6.45) is 8.14. The van der Waals surface area contributed by atoms with Crippen molar-refractivity contribution in [3.05, 3.63) is 30.9 Å². The minimum atomic E-state index is -0.939. The van der Waals surface area contributed by atoms with Crippen LogP contribution in [0.4, 0.5) is 11.6 Å². The number of fused-ring (bicyclic) bond motifs is 1. The number of hydrogen-bond acceptors (Lipinski definition) is 5. The molecule has 0 fully saturated rings. The molecule has 0 bridgehead atoms. The summed E-state index contributed by atoms with van der Waals surface area (Å²) in [5.74, 6) is 0.721. The molecule has 0 aliphatic heterocycles. The zero-order valence-electron chi connectivity index (χ0n) is 15.3. The maximum Gasteiger partial charge on any atom is 0.325 e.